The molecule has 122 valence electrons. The number of nitrogens with zero attached hydrogens (tertiary/aromatic N) is 1. The lowest BCUT2D eigenvalue weighted by molar-refractivity contribution is -0.116. The van der Waals surface area contributed by atoms with Crippen LogP contribution in [0.1, 0.15) is 20.8 Å². The van der Waals surface area contributed by atoms with Crippen molar-refractivity contribution in [3.63, 3.8) is 0 Å². The minimum Gasteiger partial charge on any atom is -0.423 e. The van der Waals surface area contributed by atoms with Crippen LogP contribution in [-0.4, -0.2) is 35.7 Å². The molecule has 2 heterocycles. The molecule has 1 fully saturated rings. The van der Waals surface area contributed by atoms with E-state index in [1.54, 1.807) is 29.2 Å². The van der Waals surface area contributed by atoms with Gasteiger partial charge in [0.25, 0.3) is 0 Å². The van der Waals surface area contributed by atoms with Crippen LogP contribution in [0.3, 0.4) is 0 Å². The third kappa shape index (κ3) is 3.53. The molecule has 0 aliphatic carbocycles. The summed E-state index contributed by atoms with van der Waals surface area (Å²) in [5.41, 5.74) is 0.408. The number of anilines is 1. The van der Waals surface area contributed by atoms with Crippen molar-refractivity contribution in [2.45, 2.75) is 32.5 Å². The van der Waals surface area contributed by atoms with E-state index in [2.05, 4.69) is 5.32 Å². The van der Waals surface area contributed by atoms with Gasteiger partial charge in [-0.3, -0.25) is 0 Å². The average Bonchev–Trinajstić information content (AvgIpc) is 2.45. The predicted molar refractivity (Wildman–Crippen MR) is 87.7 cm³/mol. The number of carbonyl (C=O) groups is 1. The molecule has 1 N–H and O–H groups in total. The Labute approximate surface area is 134 Å². The molecule has 2 amide bonds. The topological polar surface area (TPSA) is 71.8 Å². The molecule has 2 aromatic rings. The van der Waals surface area contributed by atoms with Crippen molar-refractivity contribution in [2.75, 3.05) is 18.4 Å². The summed E-state index contributed by atoms with van der Waals surface area (Å²) in [5.74, 6) is 0. The molecular formula is C17H20N2O4. The third-order valence-electron chi connectivity index (χ3n) is 3.73. The van der Waals surface area contributed by atoms with Crippen molar-refractivity contribution >= 4 is 22.7 Å². The van der Waals surface area contributed by atoms with E-state index in [1.165, 1.54) is 6.07 Å². The molecule has 1 atom stereocenters. The van der Waals surface area contributed by atoms with Crippen LogP contribution < -0.4 is 10.9 Å². The summed E-state index contributed by atoms with van der Waals surface area (Å²) >= 11 is 0. The van der Waals surface area contributed by atoms with Crippen LogP contribution in [0.5, 0.6) is 0 Å². The fraction of sp³-hybridized carbons (Fsp3) is 0.412. The molecule has 0 bridgehead atoms. The van der Waals surface area contributed by atoms with Crippen molar-refractivity contribution < 1.29 is 13.9 Å². The monoisotopic (exact) mass is 316 g/mol. The predicted octanol–water partition coefficient (Wildman–Crippen LogP) is 2.82. The zero-order valence-electron chi connectivity index (χ0n) is 13.5. The molecule has 1 aromatic carbocycles. The van der Waals surface area contributed by atoms with Crippen LogP contribution in [-0.2, 0) is 4.74 Å². The number of ether oxygens (including phenoxy) is 1. The highest BCUT2D eigenvalue weighted by Gasteiger charge is 2.33. The third-order valence-corrected chi connectivity index (χ3v) is 3.73. The summed E-state index contributed by atoms with van der Waals surface area (Å²) in [6, 6.07) is 8.06. The standard InChI is InChI=1S/C17H20N2O4/c1-11-9-19(10-17(2,3)23-11)16(21)18-13-5-6-14-12(8-13)4-7-15(20)22-14/h4-8,11H,9-10H2,1-3H3,(H,18,21). The van der Waals surface area contributed by atoms with Gasteiger partial charge in [0.05, 0.1) is 18.2 Å². The van der Waals surface area contributed by atoms with E-state index in [0.29, 0.717) is 24.4 Å². The number of carbonyl (C=O) groups excluding carboxylic acids is 1. The van der Waals surface area contributed by atoms with E-state index >= 15 is 0 Å². The second kappa shape index (κ2) is 5.70. The number of hydrogen-bond donors (Lipinski definition) is 1. The maximum absolute atomic E-state index is 12.5. The molecule has 1 saturated heterocycles. The molecule has 0 spiro atoms. The quantitative estimate of drug-likeness (QED) is 0.821. The van der Waals surface area contributed by atoms with E-state index in [0.717, 1.165) is 5.39 Å². The SMILES string of the molecule is CC1CN(C(=O)Nc2ccc3oc(=O)ccc3c2)CC(C)(C)O1. The lowest BCUT2D eigenvalue weighted by atomic mass is 10.1. The number of hydrogen-bond acceptors (Lipinski definition) is 4. The van der Waals surface area contributed by atoms with Gasteiger partial charge in [-0.1, -0.05) is 0 Å². The lowest BCUT2D eigenvalue weighted by Crippen LogP contribution is -2.54. The lowest BCUT2D eigenvalue weighted by Gasteiger charge is -2.41. The van der Waals surface area contributed by atoms with Crippen molar-refractivity contribution in [3.8, 4) is 0 Å². The second-order valence-corrected chi connectivity index (χ2v) is 6.51. The Morgan fingerprint density at radius 2 is 2.09 bits per heavy atom. The highest BCUT2D eigenvalue weighted by atomic mass is 16.5. The van der Waals surface area contributed by atoms with Crippen molar-refractivity contribution in [3.05, 3.63) is 40.8 Å². The molecule has 1 aromatic heterocycles. The average molecular weight is 316 g/mol. The molecule has 0 radical (unpaired) electrons. The van der Waals surface area contributed by atoms with Crippen molar-refractivity contribution in [1.82, 2.24) is 4.90 Å². The first-order chi connectivity index (χ1) is 10.8. The first-order valence-electron chi connectivity index (χ1n) is 7.60. The molecule has 1 aliphatic rings. The number of amides is 2. The van der Waals surface area contributed by atoms with Crippen LogP contribution in [0.15, 0.2) is 39.5 Å². The van der Waals surface area contributed by atoms with E-state index in [-0.39, 0.29) is 23.4 Å². The largest absolute Gasteiger partial charge is 0.423 e. The molecule has 3 rings (SSSR count). The highest BCUT2D eigenvalue weighted by Crippen LogP contribution is 2.22. The van der Waals surface area contributed by atoms with Gasteiger partial charge in [0.2, 0.25) is 0 Å². The van der Waals surface area contributed by atoms with Crippen molar-refractivity contribution in [2.24, 2.45) is 0 Å². The van der Waals surface area contributed by atoms with Gasteiger partial charge in [-0.2, -0.15) is 0 Å². The maximum atomic E-state index is 12.5. The summed E-state index contributed by atoms with van der Waals surface area (Å²) in [4.78, 5) is 25.4. The van der Waals surface area contributed by atoms with Gasteiger partial charge in [-0.25, -0.2) is 9.59 Å². The summed E-state index contributed by atoms with van der Waals surface area (Å²) in [5, 5.41) is 3.65. The summed E-state index contributed by atoms with van der Waals surface area (Å²) in [6.45, 7) is 6.99. The van der Waals surface area contributed by atoms with Gasteiger partial charge >= 0.3 is 11.7 Å². The number of rotatable bonds is 1. The first kappa shape index (κ1) is 15.6. The Hall–Kier alpha value is -2.34. The molecule has 6 nitrogen and oxygen atoms in total. The Kier molecular flexibility index (Phi) is 3.85. The van der Waals surface area contributed by atoms with Gasteiger partial charge in [-0.15, -0.1) is 0 Å². The highest BCUT2D eigenvalue weighted by molar-refractivity contribution is 5.92. The Morgan fingerprint density at radius 3 is 2.83 bits per heavy atom. The molecular weight excluding hydrogens is 296 g/mol. The molecule has 0 saturated carbocycles. The van der Waals surface area contributed by atoms with Gasteiger partial charge in [0.1, 0.15) is 5.58 Å². The van der Waals surface area contributed by atoms with Gasteiger partial charge in [-0.05, 0) is 45.0 Å². The number of nitrogens with one attached hydrogen (secondary N) is 1. The fourth-order valence-corrected chi connectivity index (χ4v) is 2.96. The van der Waals surface area contributed by atoms with Crippen LogP contribution in [0.4, 0.5) is 10.5 Å². The first-order valence-corrected chi connectivity index (χ1v) is 7.60. The van der Waals surface area contributed by atoms with Crippen molar-refractivity contribution in [1.29, 1.82) is 0 Å². The second-order valence-electron chi connectivity index (χ2n) is 6.51. The van der Waals surface area contributed by atoms with Crippen LogP contribution >= 0.6 is 0 Å². The number of morpholine rings is 1. The zero-order valence-corrected chi connectivity index (χ0v) is 13.5. The van der Waals surface area contributed by atoms with E-state index in [4.69, 9.17) is 9.15 Å². The van der Waals surface area contributed by atoms with Gasteiger partial charge < -0.3 is 19.4 Å². The van der Waals surface area contributed by atoms with Crippen LogP contribution in [0, 0.1) is 0 Å². The van der Waals surface area contributed by atoms with Gasteiger partial charge in [0.15, 0.2) is 0 Å². The maximum Gasteiger partial charge on any atom is 0.336 e. The summed E-state index contributed by atoms with van der Waals surface area (Å²) < 4.78 is 10.9. The molecule has 1 unspecified atom stereocenters. The normalized spacial score (nSPS) is 20.5. The summed E-state index contributed by atoms with van der Waals surface area (Å²) in [7, 11) is 0. The Bertz CT molecular complexity index is 797. The number of benzene rings is 1. The Morgan fingerprint density at radius 1 is 1.30 bits per heavy atom. The van der Waals surface area contributed by atoms with E-state index in [1.807, 2.05) is 20.8 Å². The smallest absolute Gasteiger partial charge is 0.336 e. The number of urea groups is 1. The van der Waals surface area contributed by atoms with Gasteiger partial charge in [0, 0.05) is 23.7 Å². The molecule has 23 heavy (non-hydrogen) atoms. The minimum atomic E-state index is -0.390. The fourth-order valence-electron chi connectivity index (χ4n) is 2.96. The minimum absolute atomic E-state index is 0.00428. The van der Waals surface area contributed by atoms with E-state index < -0.39 is 0 Å². The van der Waals surface area contributed by atoms with Crippen LogP contribution in [0.2, 0.25) is 0 Å². The molecule has 1 aliphatic heterocycles. The zero-order chi connectivity index (χ0) is 16.6. The Balaban J connectivity index is 1.77. The van der Waals surface area contributed by atoms with E-state index in [9.17, 15) is 9.59 Å². The van der Waals surface area contributed by atoms with Crippen LogP contribution in [0.25, 0.3) is 11.0 Å². The molecule has 6 heteroatoms. The number of fused-ring (bicyclic) bond motifs is 1. The summed E-state index contributed by atoms with van der Waals surface area (Å²) in [6.07, 6.45) is -0.00428.